The number of piperidine rings is 1. The maximum absolute atomic E-state index is 4.91. The van der Waals surface area contributed by atoms with Gasteiger partial charge in [-0.3, -0.25) is 0 Å². The van der Waals surface area contributed by atoms with E-state index in [9.17, 15) is 0 Å². The first kappa shape index (κ1) is 14.1. The van der Waals surface area contributed by atoms with Crippen molar-refractivity contribution in [1.82, 2.24) is 9.97 Å². The van der Waals surface area contributed by atoms with E-state index < -0.39 is 0 Å². The average Bonchev–Trinajstić information content (AvgIpc) is 3.02. The minimum Gasteiger partial charge on any atom is -0.372 e. The number of anilines is 2. The van der Waals surface area contributed by atoms with Crippen LogP contribution in [-0.2, 0) is 0 Å². The van der Waals surface area contributed by atoms with Crippen molar-refractivity contribution >= 4 is 27.7 Å². The third-order valence-corrected chi connectivity index (χ3v) is 5.26. The standard InChI is InChI=1S/C15H23BrN4/c1-17-14-12(16)13(11-7-3-4-8-11)18-15(19-14)20-9-5-2-6-10-20/h11H,2-10H2,1H3,(H,17,18,19). The van der Waals surface area contributed by atoms with E-state index in [1.165, 1.54) is 50.6 Å². The highest BCUT2D eigenvalue weighted by Gasteiger charge is 2.25. The normalized spacial score (nSPS) is 20.4. The van der Waals surface area contributed by atoms with E-state index in [0.717, 1.165) is 29.3 Å². The van der Waals surface area contributed by atoms with E-state index in [1.54, 1.807) is 0 Å². The van der Waals surface area contributed by atoms with Crippen molar-refractivity contribution in [2.24, 2.45) is 0 Å². The molecular formula is C15H23BrN4. The lowest BCUT2D eigenvalue weighted by Crippen LogP contribution is -2.31. The quantitative estimate of drug-likeness (QED) is 0.906. The van der Waals surface area contributed by atoms with E-state index in [0.29, 0.717) is 5.92 Å². The van der Waals surface area contributed by atoms with Gasteiger partial charge in [0.25, 0.3) is 0 Å². The summed E-state index contributed by atoms with van der Waals surface area (Å²) in [5, 5.41) is 3.21. The molecule has 0 radical (unpaired) electrons. The van der Waals surface area contributed by atoms with Crippen LogP contribution in [0.25, 0.3) is 0 Å². The van der Waals surface area contributed by atoms with Crippen molar-refractivity contribution in [3.05, 3.63) is 10.2 Å². The fraction of sp³-hybridized carbons (Fsp3) is 0.733. The Labute approximate surface area is 129 Å². The number of halogens is 1. The first-order valence-corrected chi connectivity index (χ1v) is 8.59. The maximum Gasteiger partial charge on any atom is 0.227 e. The van der Waals surface area contributed by atoms with Crippen LogP contribution < -0.4 is 10.2 Å². The van der Waals surface area contributed by atoms with Crippen LogP contribution >= 0.6 is 15.9 Å². The minimum absolute atomic E-state index is 0.600. The third-order valence-electron chi connectivity index (χ3n) is 4.48. The molecule has 20 heavy (non-hydrogen) atoms. The zero-order valence-corrected chi connectivity index (χ0v) is 13.7. The summed E-state index contributed by atoms with van der Waals surface area (Å²) in [7, 11) is 1.94. The topological polar surface area (TPSA) is 41.1 Å². The predicted octanol–water partition coefficient (Wildman–Crippen LogP) is 3.93. The molecular weight excluding hydrogens is 316 g/mol. The van der Waals surface area contributed by atoms with Crippen LogP contribution in [-0.4, -0.2) is 30.1 Å². The van der Waals surface area contributed by atoms with Crippen LogP contribution in [0.2, 0.25) is 0 Å². The van der Waals surface area contributed by atoms with Crippen molar-refractivity contribution in [3.8, 4) is 0 Å². The fourth-order valence-corrected chi connectivity index (χ4v) is 4.02. The highest BCUT2D eigenvalue weighted by molar-refractivity contribution is 9.10. The molecule has 1 aliphatic heterocycles. The minimum atomic E-state index is 0.600. The first-order chi connectivity index (χ1) is 9.79. The number of rotatable bonds is 3. The number of nitrogens with one attached hydrogen (secondary N) is 1. The van der Waals surface area contributed by atoms with Gasteiger partial charge in [-0.1, -0.05) is 12.8 Å². The summed E-state index contributed by atoms with van der Waals surface area (Å²) >= 11 is 3.70. The van der Waals surface area contributed by atoms with Crippen LogP contribution in [0.1, 0.15) is 56.6 Å². The molecule has 1 aliphatic carbocycles. The molecule has 1 aromatic heterocycles. The summed E-state index contributed by atoms with van der Waals surface area (Å²) in [6.07, 6.45) is 9.03. The van der Waals surface area contributed by atoms with Crippen molar-refractivity contribution < 1.29 is 0 Å². The van der Waals surface area contributed by atoms with Gasteiger partial charge in [0.05, 0.1) is 10.2 Å². The lowest BCUT2D eigenvalue weighted by Gasteiger charge is -2.28. The summed E-state index contributed by atoms with van der Waals surface area (Å²) in [6.45, 7) is 2.18. The van der Waals surface area contributed by atoms with Gasteiger partial charge in [0.2, 0.25) is 5.95 Å². The molecule has 0 spiro atoms. The summed E-state index contributed by atoms with van der Waals surface area (Å²) in [5.41, 5.74) is 1.21. The number of aromatic nitrogens is 2. The largest absolute Gasteiger partial charge is 0.372 e. The average molecular weight is 339 g/mol. The van der Waals surface area contributed by atoms with Gasteiger partial charge in [0.15, 0.2) is 0 Å². The lowest BCUT2D eigenvalue weighted by atomic mass is 10.0. The van der Waals surface area contributed by atoms with Gasteiger partial charge in [-0.2, -0.15) is 4.98 Å². The molecule has 4 nitrogen and oxygen atoms in total. The molecule has 3 rings (SSSR count). The number of nitrogens with zero attached hydrogens (tertiary/aromatic N) is 3. The third kappa shape index (κ3) is 2.78. The van der Waals surface area contributed by atoms with Gasteiger partial charge in [-0.25, -0.2) is 4.98 Å². The summed E-state index contributed by atoms with van der Waals surface area (Å²) < 4.78 is 1.06. The highest BCUT2D eigenvalue weighted by atomic mass is 79.9. The Balaban J connectivity index is 1.95. The number of hydrogen-bond donors (Lipinski definition) is 1. The molecule has 2 aliphatic rings. The van der Waals surface area contributed by atoms with Gasteiger partial charge in [-0.05, 0) is 48.0 Å². The fourth-order valence-electron chi connectivity index (χ4n) is 3.32. The van der Waals surface area contributed by atoms with E-state index in [1.807, 2.05) is 7.05 Å². The van der Waals surface area contributed by atoms with Crippen molar-refractivity contribution in [1.29, 1.82) is 0 Å². The van der Waals surface area contributed by atoms with E-state index in [4.69, 9.17) is 9.97 Å². The molecule has 110 valence electrons. The Kier molecular flexibility index (Phi) is 4.44. The van der Waals surface area contributed by atoms with Gasteiger partial charge >= 0.3 is 0 Å². The molecule has 1 aromatic rings. The molecule has 0 unspecified atom stereocenters. The van der Waals surface area contributed by atoms with Gasteiger partial charge in [0.1, 0.15) is 5.82 Å². The van der Waals surface area contributed by atoms with Crippen LogP contribution in [0, 0.1) is 0 Å². The van der Waals surface area contributed by atoms with Gasteiger partial charge in [-0.15, -0.1) is 0 Å². The second kappa shape index (κ2) is 6.29. The zero-order chi connectivity index (χ0) is 13.9. The van der Waals surface area contributed by atoms with Crippen molar-refractivity contribution in [3.63, 3.8) is 0 Å². The monoisotopic (exact) mass is 338 g/mol. The molecule has 1 saturated heterocycles. The zero-order valence-electron chi connectivity index (χ0n) is 12.2. The Bertz CT molecular complexity index is 465. The van der Waals surface area contributed by atoms with E-state index in [-0.39, 0.29) is 0 Å². The Morgan fingerprint density at radius 1 is 1.05 bits per heavy atom. The molecule has 0 atom stereocenters. The Hall–Kier alpha value is -0.840. The Morgan fingerprint density at radius 3 is 2.40 bits per heavy atom. The molecule has 1 saturated carbocycles. The molecule has 2 heterocycles. The molecule has 1 N–H and O–H groups in total. The maximum atomic E-state index is 4.91. The van der Waals surface area contributed by atoms with Crippen LogP contribution in [0.15, 0.2) is 4.47 Å². The van der Waals surface area contributed by atoms with Gasteiger partial charge in [0, 0.05) is 26.1 Å². The van der Waals surface area contributed by atoms with Crippen LogP contribution in [0.4, 0.5) is 11.8 Å². The summed E-state index contributed by atoms with van der Waals surface area (Å²) in [5.74, 6) is 2.45. The van der Waals surface area contributed by atoms with E-state index >= 15 is 0 Å². The second-order valence-electron chi connectivity index (χ2n) is 5.85. The number of hydrogen-bond acceptors (Lipinski definition) is 4. The van der Waals surface area contributed by atoms with Gasteiger partial charge < -0.3 is 10.2 Å². The Morgan fingerprint density at radius 2 is 1.75 bits per heavy atom. The van der Waals surface area contributed by atoms with Crippen molar-refractivity contribution in [2.45, 2.75) is 50.9 Å². The highest BCUT2D eigenvalue weighted by Crippen LogP contribution is 2.39. The van der Waals surface area contributed by atoms with Crippen molar-refractivity contribution in [2.75, 3.05) is 30.4 Å². The van der Waals surface area contributed by atoms with Crippen LogP contribution in [0.3, 0.4) is 0 Å². The smallest absolute Gasteiger partial charge is 0.227 e. The summed E-state index contributed by atoms with van der Waals surface area (Å²) in [4.78, 5) is 12.0. The molecule has 0 aromatic carbocycles. The molecule has 0 amide bonds. The summed E-state index contributed by atoms with van der Waals surface area (Å²) in [6, 6.07) is 0. The molecule has 0 bridgehead atoms. The molecule has 2 fully saturated rings. The van der Waals surface area contributed by atoms with Crippen LogP contribution in [0.5, 0.6) is 0 Å². The SMILES string of the molecule is CNc1nc(N2CCCCC2)nc(C2CCCC2)c1Br. The predicted molar refractivity (Wildman–Crippen MR) is 86.6 cm³/mol. The second-order valence-corrected chi connectivity index (χ2v) is 6.64. The molecule has 5 heteroatoms. The lowest BCUT2D eigenvalue weighted by molar-refractivity contribution is 0.565. The van der Waals surface area contributed by atoms with E-state index in [2.05, 4.69) is 26.1 Å². The first-order valence-electron chi connectivity index (χ1n) is 7.79.